The number of carbonyl (C=O) groups is 1. The molecule has 1 saturated heterocycles. The number of rotatable bonds is 2. The lowest BCUT2D eigenvalue weighted by Gasteiger charge is -2.23. The van der Waals surface area contributed by atoms with Crippen LogP contribution in [-0.4, -0.2) is 43.1 Å². The minimum Gasteiger partial charge on any atom is -0.378 e. The van der Waals surface area contributed by atoms with Gasteiger partial charge in [-0.15, -0.1) is 0 Å². The highest BCUT2D eigenvalue weighted by Gasteiger charge is 2.19. The molecule has 0 aliphatic carbocycles. The number of amidine groups is 1. The minimum atomic E-state index is -0.445. The van der Waals surface area contributed by atoms with Crippen LogP contribution in [-0.2, 0) is 9.57 Å². The highest BCUT2D eigenvalue weighted by Crippen LogP contribution is 2.01. The van der Waals surface area contributed by atoms with Crippen molar-refractivity contribution in [3.05, 3.63) is 35.4 Å². The predicted octanol–water partition coefficient (Wildman–Crippen LogP) is -0.835. The van der Waals surface area contributed by atoms with Gasteiger partial charge in [0.2, 0.25) is 0 Å². The number of morpholine rings is 1. The first-order chi connectivity index (χ1) is 9.16. The normalized spacial score (nSPS) is 16.3. The Balaban J connectivity index is 1.95. The Morgan fingerprint density at radius 1 is 1.42 bits per heavy atom. The van der Waals surface area contributed by atoms with Gasteiger partial charge in [0.1, 0.15) is 0 Å². The monoisotopic (exact) mass is 264 g/mol. The summed E-state index contributed by atoms with van der Waals surface area (Å²) in [6.45, 7) is 4.10. The fraction of sp³-hybridized carbons (Fsp3) is 0.385. The summed E-state index contributed by atoms with van der Waals surface area (Å²) in [5.74, 6) is 0.310. The molecule has 6 nitrogen and oxygen atoms in total. The average Bonchev–Trinajstić information content (AvgIpc) is 2.45. The van der Waals surface area contributed by atoms with E-state index in [0.717, 1.165) is 11.1 Å². The van der Waals surface area contributed by atoms with Crippen LogP contribution in [0.4, 0.5) is 4.79 Å². The van der Waals surface area contributed by atoms with Crippen LogP contribution in [0.1, 0.15) is 11.1 Å². The molecule has 0 spiro atoms. The number of benzene rings is 1. The Bertz CT molecular complexity index is 482. The third kappa shape index (κ3) is 3.69. The fourth-order valence-electron chi connectivity index (χ4n) is 1.78. The van der Waals surface area contributed by atoms with Crippen molar-refractivity contribution >= 4 is 11.9 Å². The van der Waals surface area contributed by atoms with Crippen molar-refractivity contribution in [1.82, 2.24) is 4.90 Å². The molecule has 6 heteroatoms. The Morgan fingerprint density at radius 3 is 2.84 bits per heavy atom. The van der Waals surface area contributed by atoms with Crippen molar-refractivity contribution in [2.45, 2.75) is 6.92 Å². The summed E-state index contributed by atoms with van der Waals surface area (Å²) >= 11 is 0. The highest BCUT2D eigenvalue weighted by molar-refractivity contribution is 5.93. The molecule has 0 bridgehead atoms. The Kier molecular flexibility index (Phi) is 4.35. The van der Waals surface area contributed by atoms with Crippen LogP contribution in [0.2, 0.25) is 0 Å². The van der Waals surface area contributed by atoms with E-state index in [-0.39, 0.29) is 0 Å². The number of hydrogen-bond donors (Lipinski definition) is 2. The number of ether oxygens (including phenoxy) is 1. The standard InChI is InChI=1S/C13H17N3O3/c1-10-3-2-4-11(9-10)12(14)15-19-13(17)16-5-7-18-8-6-16/h2-4,9H,5-8H2,1H3,(H2,14,15)/p+1. The lowest BCUT2D eigenvalue weighted by atomic mass is 10.1. The number of nitrogens with one attached hydrogen (secondary N) is 1. The molecule has 1 heterocycles. The van der Waals surface area contributed by atoms with Gasteiger partial charge in [0.25, 0.3) is 0 Å². The second kappa shape index (κ2) is 6.19. The highest BCUT2D eigenvalue weighted by atomic mass is 16.7. The molecule has 1 aromatic rings. The van der Waals surface area contributed by atoms with E-state index in [4.69, 9.17) is 15.3 Å². The van der Waals surface area contributed by atoms with Gasteiger partial charge in [0.15, 0.2) is 0 Å². The second-order valence-corrected chi connectivity index (χ2v) is 4.35. The van der Waals surface area contributed by atoms with Crippen LogP contribution in [0.5, 0.6) is 0 Å². The number of nitrogens with zero attached hydrogens (tertiary/aromatic N) is 1. The average molecular weight is 264 g/mol. The fourth-order valence-corrected chi connectivity index (χ4v) is 1.78. The SMILES string of the molecule is Cc1cccc(C(N)=[NH+]OC(=O)N2CCOCC2)c1. The zero-order valence-corrected chi connectivity index (χ0v) is 10.9. The summed E-state index contributed by atoms with van der Waals surface area (Å²) in [6.07, 6.45) is -0.445. The molecule has 0 radical (unpaired) electrons. The Hall–Kier alpha value is -2.08. The van der Waals surface area contributed by atoms with Crippen LogP contribution in [0.25, 0.3) is 0 Å². The van der Waals surface area contributed by atoms with Gasteiger partial charge in [-0.3, -0.25) is 5.73 Å². The zero-order chi connectivity index (χ0) is 13.7. The van der Waals surface area contributed by atoms with E-state index < -0.39 is 6.09 Å². The number of nitrogen functional groups attached to an aromatic ring is 1. The van der Waals surface area contributed by atoms with Crippen LogP contribution in [0, 0.1) is 6.92 Å². The predicted molar refractivity (Wildman–Crippen MR) is 69.3 cm³/mol. The van der Waals surface area contributed by atoms with E-state index in [1.807, 2.05) is 31.2 Å². The maximum atomic E-state index is 11.7. The van der Waals surface area contributed by atoms with E-state index in [2.05, 4.69) is 5.16 Å². The van der Waals surface area contributed by atoms with E-state index in [1.54, 1.807) is 4.90 Å². The molecule has 1 aliphatic heterocycles. The van der Waals surface area contributed by atoms with E-state index in [9.17, 15) is 4.79 Å². The topological polar surface area (TPSA) is 78.8 Å². The number of hydrogen-bond acceptors (Lipinski definition) is 3. The van der Waals surface area contributed by atoms with Crippen molar-refractivity contribution in [2.24, 2.45) is 5.73 Å². The van der Waals surface area contributed by atoms with Gasteiger partial charge in [-0.2, -0.15) is 0 Å². The van der Waals surface area contributed by atoms with Crippen LogP contribution in [0.3, 0.4) is 0 Å². The maximum Gasteiger partial charge on any atom is 0.454 e. The summed E-state index contributed by atoms with van der Waals surface area (Å²) in [5, 5.41) is 2.49. The molecule has 1 aliphatic rings. The van der Waals surface area contributed by atoms with Crippen LogP contribution >= 0.6 is 0 Å². The molecular weight excluding hydrogens is 246 g/mol. The van der Waals surface area contributed by atoms with Gasteiger partial charge in [0, 0.05) is 13.1 Å². The Morgan fingerprint density at radius 2 is 2.16 bits per heavy atom. The number of aryl methyl sites for hydroxylation is 1. The summed E-state index contributed by atoms with van der Waals surface area (Å²) in [7, 11) is 0. The van der Waals surface area contributed by atoms with Gasteiger partial charge in [0.05, 0.1) is 18.8 Å². The van der Waals surface area contributed by atoms with Gasteiger partial charge in [-0.25, -0.2) is 9.63 Å². The maximum absolute atomic E-state index is 11.7. The summed E-state index contributed by atoms with van der Waals surface area (Å²) in [5.41, 5.74) is 7.70. The van der Waals surface area contributed by atoms with E-state index >= 15 is 0 Å². The molecular formula is C13H18N3O3+. The van der Waals surface area contributed by atoms with Crippen LogP contribution in [0.15, 0.2) is 24.3 Å². The van der Waals surface area contributed by atoms with E-state index in [1.165, 1.54) is 0 Å². The molecule has 19 heavy (non-hydrogen) atoms. The molecule has 0 unspecified atom stereocenters. The lowest BCUT2D eigenvalue weighted by molar-refractivity contribution is -0.723. The largest absolute Gasteiger partial charge is 0.454 e. The molecule has 1 amide bonds. The van der Waals surface area contributed by atoms with Crippen molar-refractivity contribution in [3.8, 4) is 0 Å². The van der Waals surface area contributed by atoms with Gasteiger partial charge in [-0.1, -0.05) is 22.9 Å². The van der Waals surface area contributed by atoms with Crippen molar-refractivity contribution in [2.75, 3.05) is 26.3 Å². The summed E-state index contributed by atoms with van der Waals surface area (Å²) in [6, 6.07) is 7.61. The first kappa shape index (κ1) is 13.4. The molecule has 0 atom stereocenters. The molecule has 1 fully saturated rings. The first-order valence-corrected chi connectivity index (χ1v) is 6.16. The zero-order valence-electron chi connectivity index (χ0n) is 10.9. The van der Waals surface area contributed by atoms with Crippen molar-refractivity contribution < 1.29 is 19.5 Å². The molecule has 0 saturated carbocycles. The van der Waals surface area contributed by atoms with Crippen molar-refractivity contribution in [3.63, 3.8) is 0 Å². The second-order valence-electron chi connectivity index (χ2n) is 4.35. The van der Waals surface area contributed by atoms with E-state index in [0.29, 0.717) is 32.1 Å². The van der Waals surface area contributed by atoms with Crippen LogP contribution < -0.4 is 10.9 Å². The smallest absolute Gasteiger partial charge is 0.378 e. The number of amides is 1. The number of nitrogens with two attached hydrogens (primary N) is 1. The summed E-state index contributed by atoms with van der Waals surface area (Å²) < 4.78 is 5.16. The summed E-state index contributed by atoms with van der Waals surface area (Å²) in [4.78, 5) is 18.2. The van der Waals surface area contributed by atoms with Gasteiger partial charge >= 0.3 is 11.9 Å². The number of carbonyl (C=O) groups excluding carboxylic acids is 1. The van der Waals surface area contributed by atoms with Gasteiger partial charge < -0.3 is 9.64 Å². The molecule has 2 rings (SSSR count). The molecule has 102 valence electrons. The van der Waals surface area contributed by atoms with Gasteiger partial charge in [-0.05, 0) is 19.1 Å². The quantitative estimate of drug-likeness (QED) is 0.316. The molecule has 3 N–H and O–H groups in total. The first-order valence-electron chi connectivity index (χ1n) is 6.16. The molecule has 0 aromatic heterocycles. The molecule has 1 aromatic carbocycles. The third-order valence-electron chi connectivity index (χ3n) is 2.85. The Labute approximate surface area is 111 Å². The lowest BCUT2D eigenvalue weighted by Crippen LogP contribution is -2.76. The van der Waals surface area contributed by atoms with Crippen molar-refractivity contribution in [1.29, 1.82) is 0 Å². The minimum absolute atomic E-state index is 0.310. The third-order valence-corrected chi connectivity index (χ3v) is 2.85.